The topological polar surface area (TPSA) is 61.2 Å². The Kier molecular flexibility index (Phi) is 5.77. The lowest BCUT2D eigenvalue weighted by Gasteiger charge is -2.14. The number of hydrogen-bond donors (Lipinski definition) is 0. The summed E-state index contributed by atoms with van der Waals surface area (Å²) >= 11 is 1.17. The monoisotopic (exact) mass is 350 g/mol. The highest BCUT2D eigenvalue weighted by atomic mass is 32.2. The van der Waals surface area contributed by atoms with Crippen LogP contribution < -0.4 is 5.56 Å². The van der Waals surface area contributed by atoms with Gasteiger partial charge in [0, 0.05) is 24.7 Å². The molecule has 0 saturated carbocycles. The van der Waals surface area contributed by atoms with Crippen molar-refractivity contribution in [3.63, 3.8) is 0 Å². The smallest absolute Gasteiger partial charge is 0.318 e. The van der Waals surface area contributed by atoms with Gasteiger partial charge >= 0.3 is 5.97 Å². The number of halogens is 1. The van der Waals surface area contributed by atoms with Gasteiger partial charge in [0.1, 0.15) is 11.1 Å². The average molecular weight is 350 g/mol. The highest BCUT2D eigenvalue weighted by molar-refractivity contribution is 8.00. The van der Waals surface area contributed by atoms with E-state index in [2.05, 4.69) is 9.72 Å². The molecule has 1 heterocycles. The number of ether oxygens (including phenoxy) is 1. The van der Waals surface area contributed by atoms with Crippen molar-refractivity contribution in [2.75, 3.05) is 7.11 Å². The summed E-state index contributed by atoms with van der Waals surface area (Å²) in [5.41, 5.74) is 1.59. The third-order valence-electron chi connectivity index (χ3n) is 3.64. The van der Waals surface area contributed by atoms with Gasteiger partial charge in [-0.1, -0.05) is 23.9 Å². The molecule has 1 aromatic heterocycles. The van der Waals surface area contributed by atoms with E-state index in [9.17, 15) is 14.0 Å². The van der Waals surface area contributed by atoms with Crippen molar-refractivity contribution in [1.82, 2.24) is 9.55 Å². The van der Waals surface area contributed by atoms with E-state index < -0.39 is 5.25 Å². The Bertz CT molecular complexity index is 820. The average Bonchev–Trinajstić information content (AvgIpc) is 2.55. The first kappa shape index (κ1) is 18.2. The Balaban J connectivity index is 2.34. The molecule has 0 bridgehead atoms. The standard InChI is InChI=1S/C17H19FN2O3S/c1-10-14(9-12-6-5-7-13(18)8-12)15(21)20(3)17(19-10)24-11(2)16(22)23-4/h5-8,11H,9H2,1-4H3/t11-/m0/s1. The lowest BCUT2D eigenvalue weighted by atomic mass is 10.1. The van der Waals surface area contributed by atoms with Crippen molar-refractivity contribution in [3.05, 3.63) is 57.3 Å². The van der Waals surface area contributed by atoms with E-state index in [4.69, 9.17) is 0 Å². The Labute approximate surface area is 143 Å². The van der Waals surface area contributed by atoms with Gasteiger partial charge in [-0.25, -0.2) is 9.37 Å². The Morgan fingerprint density at radius 2 is 2.17 bits per heavy atom. The van der Waals surface area contributed by atoms with Gasteiger partial charge in [-0.05, 0) is 31.5 Å². The SMILES string of the molecule is COC(=O)[C@H](C)Sc1nc(C)c(Cc2cccc(F)c2)c(=O)n1C. The van der Waals surface area contributed by atoms with E-state index in [1.165, 1.54) is 35.6 Å². The van der Waals surface area contributed by atoms with Crippen LogP contribution in [0.2, 0.25) is 0 Å². The number of aryl methyl sites for hydroxylation is 1. The van der Waals surface area contributed by atoms with Crippen molar-refractivity contribution >= 4 is 17.7 Å². The normalized spacial score (nSPS) is 12.0. The van der Waals surface area contributed by atoms with Crippen LogP contribution in [0.15, 0.2) is 34.2 Å². The van der Waals surface area contributed by atoms with Crippen LogP contribution in [0.5, 0.6) is 0 Å². The zero-order valence-electron chi connectivity index (χ0n) is 14.0. The van der Waals surface area contributed by atoms with E-state index in [-0.39, 0.29) is 17.3 Å². The van der Waals surface area contributed by atoms with Gasteiger partial charge in [-0.2, -0.15) is 0 Å². The van der Waals surface area contributed by atoms with Crippen LogP contribution in [0.3, 0.4) is 0 Å². The van der Waals surface area contributed by atoms with Gasteiger partial charge in [-0.15, -0.1) is 0 Å². The maximum absolute atomic E-state index is 13.3. The lowest BCUT2D eigenvalue weighted by molar-refractivity contribution is -0.139. The number of nitrogens with zero attached hydrogens (tertiary/aromatic N) is 2. The second-order valence-electron chi connectivity index (χ2n) is 5.41. The Morgan fingerprint density at radius 3 is 2.79 bits per heavy atom. The highest BCUT2D eigenvalue weighted by Gasteiger charge is 2.19. The molecule has 2 rings (SSSR count). The summed E-state index contributed by atoms with van der Waals surface area (Å²) in [6.45, 7) is 3.43. The fourth-order valence-electron chi connectivity index (χ4n) is 2.26. The molecule has 0 aliphatic carbocycles. The summed E-state index contributed by atoms with van der Waals surface area (Å²) in [5.74, 6) is -0.718. The maximum atomic E-state index is 13.3. The molecule has 0 fully saturated rings. The molecule has 0 N–H and O–H groups in total. The van der Waals surface area contributed by atoms with Crippen LogP contribution in [0.25, 0.3) is 0 Å². The van der Waals surface area contributed by atoms with Gasteiger partial charge in [0.05, 0.1) is 7.11 Å². The summed E-state index contributed by atoms with van der Waals surface area (Å²) in [7, 11) is 2.93. The van der Waals surface area contributed by atoms with E-state index in [0.29, 0.717) is 28.4 Å². The number of aromatic nitrogens is 2. The third-order valence-corrected chi connectivity index (χ3v) is 4.76. The Hall–Kier alpha value is -2.15. The minimum atomic E-state index is -0.471. The van der Waals surface area contributed by atoms with Crippen LogP contribution in [-0.4, -0.2) is 27.9 Å². The first-order valence-electron chi connectivity index (χ1n) is 7.39. The number of methoxy groups -OCH3 is 1. The number of hydrogen-bond acceptors (Lipinski definition) is 5. The van der Waals surface area contributed by atoms with Gasteiger partial charge in [-0.3, -0.25) is 14.2 Å². The maximum Gasteiger partial charge on any atom is 0.318 e. The second kappa shape index (κ2) is 7.61. The number of esters is 1. The summed E-state index contributed by atoms with van der Waals surface area (Å²) in [4.78, 5) is 28.6. The van der Waals surface area contributed by atoms with E-state index in [1.54, 1.807) is 33.0 Å². The molecule has 24 heavy (non-hydrogen) atoms. The molecular weight excluding hydrogens is 331 g/mol. The van der Waals surface area contributed by atoms with Crippen molar-refractivity contribution in [1.29, 1.82) is 0 Å². The van der Waals surface area contributed by atoms with E-state index in [0.717, 1.165) is 0 Å². The lowest BCUT2D eigenvalue weighted by Crippen LogP contribution is -2.27. The minimum absolute atomic E-state index is 0.202. The fourth-order valence-corrected chi connectivity index (χ4v) is 3.20. The molecule has 0 aliphatic rings. The molecule has 0 unspecified atom stereocenters. The third kappa shape index (κ3) is 4.03. The van der Waals surface area contributed by atoms with Crippen molar-refractivity contribution < 1.29 is 13.9 Å². The second-order valence-corrected chi connectivity index (χ2v) is 6.72. The first-order valence-corrected chi connectivity index (χ1v) is 8.27. The van der Waals surface area contributed by atoms with Crippen LogP contribution in [-0.2, 0) is 23.0 Å². The molecule has 0 saturated heterocycles. The van der Waals surface area contributed by atoms with Crippen molar-refractivity contribution in [3.8, 4) is 0 Å². The van der Waals surface area contributed by atoms with Gasteiger partial charge in [0.15, 0.2) is 5.16 Å². The largest absolute Gasteiger partial charge is 0.468 e. The van der Waals surface area contributed by atoms with Gasteiger partial charge in [0.2, 0.25) is 0 Å². The molecule has 7 heteroatoms. The van der Waals surface area contributed by atoms with E-state index >= 15 is 0 Å². The summed E-state index contributed by atoms with van der Waals surface area (Å²) < 4.78 is 19.4. The summed E-state index contributed by atoms with van der Waals surface area (Å²) in [6.07, 6.45) is 0.306. The number of thioether (sulfide) groups is 1. The number of carbonyl (C=O) groups is 1. The van der Waals surface area contributed by atoms with E-state index in [1.807, 2.05) is 0 Å². The zero-order chi connectivity index (χ0) is 17.9. The van der Waals surface area contributed by atoms with Gasteiger partial charge < -0.3 is 4.74 Å². The molecule has 0 aliphatic heterocycles. The van der Waals surface area contributed by atoms with Crippen LogP contribution in [0.4, 0.5) is 4.39 Å². The number of benzene rings is 1. The molecule has 0 radical (unpaired) electrons. The molecule has 1 atom stereocenters. The Morgan fingerprint density at radius 1 is 1.46 bits per heavy atom. The fraction of sp³-hybridized carbons (Fsp3) is 0.353. The molecule has 128 valence electrons. The zero-order valence-corrected chi connectivity index (χ0v) is 14.8. The van der Waals surface area contributed by atoms with Crippen molar-refractivity contribution in [2.45, 2.75) is 30.7 Å². The number of carbonyl (C=O) groups excluding carboxylic acids is 1. The molecular formula is C17H19FN2O3S. The first-order chi connectivity index (χ1) is 11.3. The van der Waals surface area contributed by atoms with Crippen LogP contribution in [0.1, 0.15) is 23.7 Å². The van der Waals surface area contributed by atoms with Crippen molar-refractivity contribution in [2.24, 2.45) is 7.05 Å². The predicted octanol–water partition coefficient (Wildman–Crippen LogP) is 2.47. The minimum Gasteiger partial charge on any atom is -0.468 e. The molecule has 5 nitrogen and oxygen atoms in total. The van der Waals surface area contributed by atoms with Gasteiger partial charge in [0.25, 0.3) is 5.56 Å². The van der Waals surface area contributed by atoms with Crippen LogP contribution in [0, 0.1) is 12.7 Å². The molecule has 0 spiro atoms. The summed E-state index contributed by atoms with van der Waals surface area (Å²) in [5, 5.41) is -0.0278. The summed E-state index contributed by atoms with van der Waals surface area (Å²) in [6, 6.07) is 6.14. The number of rotatable bonds is 5. The molecule has 2 aromatic rings. The molecule has 1 aromatic carbocycles. The highest BCUT2D eigenvalue weighted by Crippen LogP contribution is 2.22. The quantitative estimate of drug-likeness (QED) is 0.471. The van der Waals surface area contributed by atoms with Crippen LogP contribution >= 0.6 is 11.8 Å². The predicted molar refractivity (Wildman–Crippen MR) is 90.8 cm³/mol. The molecule has 0 amide bonds.